The molecule has 3 rings (SSSR count). The lowest BCUT2D eigenvalue weighted by Gasteiger charge is -2.12. The van der Waals surface area contributed by atoms with Gasteiger partial charge in [0.15, 0.2) is 18.1 Å². The number of carbonyl (C=O) groups is 2. The van der Waals surface area contributed by atoms with Crippen molar-refractivity contribution in [2.75, 3.05) is 19.0 Å². The number of carbonyl (C=O) groups excluding carboxylic acids is 2. The van der Waals surface area contributed by atoms with Crippen molar-refractivity contribution in [2.24, 2.45) is 5.10 Å². The van der Waals surface area contributed by atoms with Crippen molar-refractivity contribution in [3.63, 3.8) is 0 Å². The highest BCUT2D eigenvalue weighted by Gasteiger charge is 2.12. The summed E-state index contributed by atoms with van der Waals surface area (Å²) in [6.07, 6.45) is 1.44. The number of ether oxygens (including phenoxy) is 2. The van der Waals surface area contributed by atoms with Gasteiger partial charge in [-0.1, -0.05) is 18.2 Å². The van der Waals surface area contributed by atoms with E-state index in [1.54, 1.807) is 18.2 Å². The third-order valence-corrected chi connectivity index (χ3v) is 5.83. The number of halogens is 2. The lowest BCUT2D eigenvalue weighted by molar-refractivity contribution is -0.118. The van der Waals surface area contributed by atoms with Gasteiger partial charge in [0.2, 0.25) is 0 Å². The molecule has 0 radical (unpaired) electrons. The van der Waals surface area contributed by atoms with Crippen molar-refractivity contribution < 1.29 is 24.2 Å². The summed E-state index contributed by atoms with van der Waals surface area (Å²) in [5.41, 5.74) is 5.05. The van der Waals surface area contributed by atoms with Gasteiger partial charge in [0.05, 0.1) is 22.3 Å². The van der Waals surface area contributed by atoms with Crippen molar-refractivity contribution >= 4 is 55.6 Å². The second-order valence-electron chi connectivity index (χ2n) is 7.05. The molecule has 0 spiro atoms. The molecule has 176 valence electrons. The number of nitrogens with one attached hydrogen (secondary N) is 2. The molecule has 0 aliphatic heterocycles. The number of rotatable bonds is 8. The summed E-state index contributed by atoms with van der Waals surface area (Å²) in [4.78, 5) is 24.5. The number of benzene rings is 3. The number of phenols is 1. The molecule has 0 heterocycles. The van der Waals surface area contributed by atoms with Gasteiger partial charge < -0.3 is 19.9 Å². The van der Waals surface area contributed by atoms with Crippen molar-refractivity contribution in [1.82, 2.24) is 5.43 Å². The monoisotopic (exact) mass is 589 g/mol. The first-order chi connectivity index (χ1) is 16.3. The summed E-state index contributed by atoms with van der Waals surface area (Å²) in [7, 11) is 1.48. The Balaban J connectivity index is 1.60. The Morgan fingerprint density at radius 2 is 1.76 bits per heavy atom. The van der Waals surface area contributed by atoms with Gasteiger partial charge in [-0.05, 0) is 86.3 Å². The zero-order valence-corrected chi connectivity index (χ0v) is 21.4. The molecule has 0 bridgehead atoms. The molecule has 0 atom stereocenters. The number of anilines is 1. The van der Waals surface area contributed by atoms with Gasteiger partial charge in [-0.15, -0.1) is 0 Å². The summed E-state index contributed by atoms with van der Waals surface area (Å²) in [5, 5.41) is 16.5. The van der Waals surface area contributed by atoms with Crippen LogP contribution in [-0.2, 0) is 4.79 Å². The van der Waals surface area contributed by atoms with E-state index in [0.717, 1.165) is 11.3 Å². The van der Waals surface area contributed by atoms with Crippen LogP contribution in [-0.4, -0.2) is 36.9 Å². The van der Waals surface area contributed by atoms with E-state index >= 15 is 0 Å². The van der Waals surface area contributed by atoms with Crippen molar-refractivity contribution in [2.45, 2.75) is 6.92 Å². The maximum absolute atomic E-state index is 12.3. The molecule has 0 saturated heterocycles. The van der Waals surface area contributed by atoms with Gasteiger partial charge in [-0.25, -0.2) is 5.43 Å². The van der Waals surface area contributed by atoms with E-state index in [0.29, 0.717) is 31.6 Å². The van der Waals surface area contributed by atoms with Crippen LogP contribution in [0.25, 0.3) is 0 Å². The second-order valence-corrected chi connectivity index (χ2v) is 8.76. The van der Waals surface area contributed by atoms with Crippen LogP contribution in [0.2, 0.25) is 0 Å². The normalized spacial score (nSPS) is 10.7. The van der Waals surface area contributed by atoms with E-state index in [2.05, 4.69) is 47.7 Å². The highest BCUT2D eigenvalue weighted by molar-refractivity contribution is 9.11. The predicted octanol–water partition coefficient (Wildman–Crippen LogP) is 5.02. The lowest BCUT2D eigenvalue weighted by atomic mass is 10.2. The van der Waals surface area contributed by atoms with Crippen LogP contribution in [0.15, 0.2) is 68.6 Å². The van der Waals surface area contributed by atoms with Crippen LogP contribution >= 0.6 is 31.9 Å². The van der Waals surface area contributed by atoms with Crippen LogP contribution < -0.4 is 20.2 Å². The number of hydrazone groups is 1. The van der Waals surface area contributed by atoms with Crippen LogP contribution in [0.4, 0.5) is 5.69 Å². The number of hydrogen-bond donors (Lipinski definition) is 3. The fraction of sp³-hybridized carbons (Fsp3) is 0.125. The number of para-hydroxylation sites is 1. The number of phenolic OH excluding ortho intramolecular Hbond substituents is 1. The number of nitrogens with zero attached hydrogens (tertiary/aromatic N) is 1. The topological polar surface area (TPSA) is 109 Å². The summed E-state index contributed by atoms with van der Waals surface area (Å²) < 4.78 is 11.7. The Kier molecular flexibility index (Phi) is 8.67. The molecular formula is C24H21Br2N3O5. The summed E-state index contributed by atoms with van der Waals surface area (Å²) >= 11 is 6.37. The largest absolute Gasteiger partial charge is 0.506 e. The minimum absolute atomic E-state index is 0.00196. The zero-order valence-electron chi connectivity index (χ0n) is 18.3. The first-order valence-corrected chi connectivity index (χ1v) is 11.5. The van der Waals surface area contributed by atoms with Crippen molar-refractivity contribution in [1.29, 1.82) is 0 Å². The van der Waals surface area contributed by atoms with E-state index in [-0.39, 0.29) is 18.3 Å². The molecule has 3 aromatic rings. The SMILES string of the molecule is COc1cc(/C=N\NC(=O)c2cc(Br)c(O)c(Br)c2)ccc1OCC(=O)Nc1ccccc1C. The summed E-state index contributed by atoms with van der Waals surface area (Å²) in [6.45, 7) is 1.72. The molecule has 34 heavy (non-hydrogen) atoms. The molecule has 0 unspecified atom stereocenters. The Morgan fingerprint density at radius 3 is 2.44 bits per heavy atom. The Morgan fingerprint density at radius 1 is 1.06 bits per heavy atom. The molecule has 3 aromatic carbocycles. The standard InChI is InChI=1S/C24H21Br2N3O5/c1-14-5-3-4-6-19(14)28-22(30)13-34-20-8-7-15(9-21(20)33-2)12-27-29-24(32)16-10-17(25)23(31)18(26)11-16/h3-12,31H,13H2,1-2H3,(H,28,30)(H,29,32)/b27-12-. The molecule has 0 saturated carbocycles. The van der Waals surface area contributed by atoms with Crippen molar-refractivity contribution in [3.8, 4) is 17.2 Å². The van der Waals surface area contributed by atoms with E-state index < -0.39 is 5.91 Å². The minimum Gasteiger partial charge on any atom is -0.506 e. The molecule has 8 nitrogen and oxygen atoms in total. The van der Waals surface area contributed by atoms with Crippen molar-refractivity contribution in [3.05, 3.63) is 80.2 Å². The van der Waals surface area contributed by atoms with Crippen LogP contribution in [0, 0.1) is 6.92 Å². The summed E-state index contributed by atoms with van der Waals surface area (Å²) in [6, 6.07) is 15.5. The Hall–Kier alpha value is -3.37. The lowest BCUT2D eigenvalue weighted by Crippen LogP contribution is -2.20. The van der Waals surface area contributed by atoms with E-state index in [9.17, 15) is 14.7 Å². The maximum atomic E-state index is 12.3. The van der Waals surface area contributed by atoms with Gasteiger partial charge >= 0.3 is 0 Å². The quantitative estimate of drug-likeness (QED) is 0.252. The fourth-order valence-electron chi connectivity index (χ4n) is 2.85. The predicted molar refractivity (Wildman–Crippen MR) is 137 cm³/mol. The third kappa shape index (κ3) is 6.58. The van der Waals surface area contributed by atoms with E-state index in [1.165, 1.54) is 25.5 Å². The molecule has 0 fully saturated rings. The van der Waals surface area contributed by atoms with Crippen LogP contribution in [0.1, 0.15) is 21.5 Å². The maximum Gasteiger partial charge on any atom is 0.271 e. The van der Waals surface area contributed by atoms with Crippen LogP contribution in [0.5, 0.6) is 17.2 Å². The molecular weight excluding hydrogens is 570 g/mol. The molecule has 0 aromatic heterocycles. The Labute approximate surface area is 213 Å². The fourth-order valence-corrected chi connectivity index (χ4v) is 4.04. The van der Waals surface area contributed by atoms with Gasteiger partial charge in [-0.3, -0.25) is 9.59 Å². The highest BCUT2D eigenvalue weighted by atomic mass is 79.9. The van der Waals surface area contributed by atoms with Gasteiger partial charge in [0, 0.05) is 11.3 Å². The molecule has 2 amide bonds. The number of aromatic hydroxyl groups is 1. The molecule has 10 heteroatoms. The molecule has 0 aliphatic rings. The van der Waals surface area contributed by atoms with Gasteiger partial charge in [-0.2, -0.15) is 5.10 Å². The third-order valence-electron chi connectivity index (χ3n) is 4.62. The average molecular weight is 591 g/mol. The number of hydrogen-bond acceptors (Lipinski definition) is 6. The van der Waals surface area contributed by atoms with E-state index in [1.807, 2.05) is 31.2 Å². The smallest absolute Gasteiger partial charge is 0.271 e. The summed E-state index contributed by atoms with van der Waals surface area (Å²) in [5.74, 6) is 0.0522. The number of methoxy groups -OCH3 is 1. The van der Waals surface area contributed by atoms with Gasteiger partial charge in [0.1, 0.15) is 5.75 Å². The average Bonchev–Trinajstić information content (AvgIpc) is 2.82. The number of aryl methyl sites for hydroxylation is 1. The van der Waals surface area contributed by atoms with Gasteiger partial charge in [0.25, 0.3) is 11.8 Å². The Bertz CT molecular complexity index is 1220. The molecule has 3 N–H and O–H groups in total. The highest BCUT2D eigenvalue weighted by Crippen LogP contribution is 2.33. The van der Waals surface area contributed by atoms with E-state index in [4.69, 9.17) is 9.47 Å². The number of amides is 2. The molecule has 0 aliphatic carbocycles. The first-order valence-electron chi connectivity index (χ1n) is 9.96. The minimum atomic E-state index is -0.454. The first kappa shape index (κ1) is 25.3. The van der Waals surface area contributed by atoms with Crippen LogP contribution in [0.3, 0.4) is 0 Å². The second kappa shape index (κ2) is 11.7. The zero-order chi connectivity index (χ0) is 24.7.